The van der Waals surface area contributed by atoms with Crippen LogP contribution in [0, 0.1) is 5.92 Å². The molecule has 0 spiro atoms. The summed E-state index contributed by atoms with van der Waals surface area (Å²) in [6.45, 7) is 7.43. The van der Waals surface area contributed by atoms with Crippen molar-refractivity contribution in [3.8, 4) is 5.75 Å². The van der Waals surface area contributed by atoms with Crippen LogP contribution in [0.3, 0.4) is 0 Å². The summed E-state index contributed by atoms with van der Waals surface area (Å²) < 4.78 is 0. The van der Waals surface area contributed by atoms with Crippen molar-refractivity contribution in [2.75, 3.05) is 0 Å². The number of aromatic hydroxyl groups is 1. The van der Waals surface area contributed by atoms with Crippen LogP contribution in [0.4, 0.5) is 0 Å². The third kappa shape index (κ3) is 19.0. The standard InChI is InChI=1S/C38H57N9O15/c1-6-7-22(43-35(58)25(15-28(50)51)45-32(55)19(5)42-37(60)30(40)17(2)3)33(56)41-18(4)31(54)46-26(16-29(52)53)36(59)47-24(14-20-8-10-21(48)11-9-20)34(57)44-23(38(61)62)12-13-27(39)49/h8-11,17-19,22-26,30,48H,6-7,12-16,40H2,1-5H3,(H2,39,49)(H,41,56)(H,42,60)(H,43,58)(H,44,57)(H,45,55)(H,46,54)(H,47,59)(H,50,51)(H,52,53)(H,61,62)/t18-,19-,22-,23-,24-,25-,26-,30-/m0/s1. The molecular formula is C38H57N9O15. The Bertz CT molecular complexity index is 1810. The summed E-state index contributed by atoms with van der Waals surface area (Å²) in [6, 6.07) is -6.69. The highest BCUT2D eigenvalue weighted by Gasteiger charge is 2.34. The number of carboxylic acids is 3. The third-order valence-corrected chi connectivity index (χ3v) is 9.06. The zero-order valence-corrected chi connectivity index (χ0v) is 34.9. The average molecular weight is 880 g/mol. The van der Waals surface area contributed by atoms with Crippen molar-refractivity contribution in [3.63, 3.8) is 0 Å². The summed E-state index contributed by atoms with van der Waals surface area (Å²) in [4.78, 5) is 138. The zero-order valence-electron chi connectivity index (χ0n) is 34.9. The predicted octanol–water partition coefficient (Wildman–Crippen LogP) is -3.55. The molecule has 0 aliphatic carbocycles. The van der Waals surface area contributed by atoms with Crippen LogP contribution in [-0.2, 0) is 59.2 Å². The Kier molecular flexibility index (Phi) is 22.0. The molecule has 15 N–H and O–H groups in total. The van der Waals surface area contributed by atoms with E-state index in [4.69, 9.17) is 11.5 Å². The lowest BCUT2D eigenvalue weighted by molar-refractivity contribution is -0.143. The molecule has 8 amide bonds. The summed E-state index contributed by atoms with van der Waals surface area (Å²) in [7, 11) is 0. The Morgan fingerprint density at radius 1 is 0.548 bits per heavy atom. The predicted molar refractivity (Wildman–Crippen MR) is 215 cm³/mol. The van der Waals surface area contributed by atoms with Crippen LogP contribution in [0.5, 0.6) is 5.75 Å². The minimum absolute atomic E-state index is 0.0566. The molecule has 0 saturated carbocycles. The van der Waals surface area contributed by atoms with Crippen LogP contribution in [0.15, 0.2) is 24.3 Å². The van der Waals surface area contributed by atoms with Crippen LogP contribution in [0.2, 0.25) is 0 Å². The molecule has 24 nitrogen and oxygen atoms in total. The molecule has 0 bridgehead atoms. The van der Waals surface area contributed by atoms with Gasteiger partial charge >= 0.3 is 17.9 Å². The lowest BCUT2D eigenvalue weighted by atomic mass is 10.0. The van der Waals surface area contributed by atoms with Gasteiger partial charge in [0.15, 0.2) is 0 Å². The molecule has 0 aliphatic heterocycles. The van der Waals surface area contributed by atoms with Crippen LogP contribution in [-0.4, -0.2) is 134 Å². The van der Waals surface area contributed by atoms with Gasteiger partial charge in [0.1, 0.15) is 48.0 Å². The number of phenols is 1. The molecule has 24 heteroatoms. The van der Waals surface area contributed by atoms with Crippen LogP contribution >= 0.6 is 0 Å². The monoisotopic (exact) mass is 879 g/mol. The maximum atomic E-state index is 13.5. The first kappa shape index (κ1) is 53.2. The van der Waals surface area contributed by atoms with E-state index in [1.165, 1.54) is 31.2 Å². The van der Waals surface area contributed by atoms with Gasteiger partial charge in [0.2, 0.25) is 47.3 Å². The second-order valence-corrected chi connectivity index (χ2v) is 14.7. The van der Waals surface area contributed by atoms with E-state index in [0.29, 0.717) is 5.56 Å². The van der Waals surface area contributed by atoms with E-state index in [2.05, 4.69) is 37.2 Å². The summed E-state index contributed by atoms with van der Waals surface area (Å²) >= 11 is 0. The van der Waals surface area contributed by atoms with Crippen molar-refractivity contribution in [1.82, 2.24) is 37.2 Å². The maximum absolute atomic E-state index is 13.5. The van der Waals surface area contributed by atoms with Crippen molar-refractivity contribution in [2.45, 2.75) is 128 Å². The number of benzene rings is 1. The second-order valence-electron chi connectivity index (χ2n) is 14.7. The molecule has 8 atom stereocenters. The Labute approximate surface area is 356 Å². The number of carbonyl (C=O) groups is 11. The number of aliphatic carboxylic acids is 3. The Balaban J connectivity index is 3.21. The fraction of sp³-hybridized carbons (Fsp3) is 0.553. The fourth-order valence-corrected chi connectivity index (χ4v) is 5.41. The van der Waals surface area contributed by atoms with E-state index >= 15 is 0 Å². The number of nitrogens with two attached hydrogens (primary N) is 2. The molecule has 0 heterocycles. The molecule has 344 valence electrons. The average Bonchev–Trinajstić information content (AvgIpc) is 3.17. The molecule has 1 aromatic rings. The van der Waals surface area contributed by atoms with Gasteiger partial charge in [0.25, 0.3) is 0 Å². The van der Waals surface area contributed by atoms with Crippen molar-refractivity contribution in [1.29, 1.82) is 0 Å². The minimum Gasteiger partial charge on any atom is -0.508 e. The number of carbonyl (C=O) groups excluding carboxylic acids is 8. The van der Waals surface area contributed by atoms with Crippen molar-refractivity contribution < 1.29 is 73.2 Å². The molecule has 0 radical (unpaired) electrons. The third-order valence-electron chi connectivity index (χ3n) is 9.06. The van der Waals surface area contributed by atoms with Gasteiger partial charge in [-0.25, -0.2) is 4.79 Å². The first-order chi connectivity index (χ1) is 28.9. The second kappa shape index (κ2) is 25.7. The molecule has 0 aromatic heterocycles. The van der Waals surface area contributed by atoms with Crippen molar-refractivity contribution in [3.05, 3.63) is 29.8 Å². The minimum atomic E-state index is -1.89. The summed E-state index contributed by atoms with van der Waals surface area (Å²) in [5, 5.41) is 54.1. The lowest BCUT2D eigenvalue weighted by Crippen LogP contribution is -2.60. The first-order valence-electron chi connectivity index (χ1n) is 19.5. The van der Waals surface area contributed by atoms with Crippen LogP contribution in [0.1, 0.15) is 78.7 Å². The number of nitrogens with one attached hydrogen (secondary N) is 7. The van der Waals surface area contributed by atoms with E-state index < -0.39 is 139 Å². The maximum Gasteiger partial charge on any atom is 0.326 e. The number of primary amides is 1. The van der Waals surface area contributed by atoms with Gasteiger partial charge in [0, 0.05) is 12.8 Å². The number of phenolic OH excluding ortho intramolecular Hbond substituents is 1. The normalized spacial score (nSPS) is 14.8. The number of carboxylic acid groups (broad SMARTS) is 3. The molecule has 1 rings (SSSR count). The van der Waals surface area contributed by atoms with Gasteiger partial charge in [0.05, 0.1) is 18.9 Å². The topological polar surface area (TPSA) is 405 Å². The SMILES string of the molecule is CCC[C@H](NC(=O)[C@H](CC(=O)O)NC(=O)[C@H](C)NC(=O)[C@@H](N)C(C)C)C(=O)N[C@@H](C)C(=O)N[C@@H](CC(=O)O)C(=O)N[C@@H](Cc1ccc(O)cc1)C(=O)N[C@@H](CCC(N)=O)C(=O)O. The smallest absolute Gasteiger partial charge is 0.326 e. The summed E-state index contributed by atoms with van der Waals surface area (Å²) in [5.41, 5.74) is 11.2. The molecule has 0 saturated heterocycles. The van der Waals surface area contributed by atoms with Gasteiger partial charge in [-0.3, -0.25) is 47.9 Å². The Morgan fingerprint density at radius 3 is 1.37 bits per heavy atom. The zero-order chi connectivity index (χ0) is 47.4. The van der Waals surface area contributed by atoms with Gasteiger partial charge in [-0.05, 0) is 50.3 Å². The number of hydrogen-bond acceptors (Lipinski definition) is 13. The highest BCUT2D eigenvalue weighted by molar-refractivity contribution is 5.99. The Hall–Kier alpha value is -6.85. The Morgan fingerprint density at radius 2 is 0.952 bits per heavy atom. The van der Waals surface area contributed by atoms with Gasteiger partial charge in [-0.1, -0.05) is 39.3 Å². The van der Waals surface area contributed by atoms with Gasteiger partial charge in [-0.2, -0.15) is 0 Å². The first-order valence-corrected chi connectivity index (χ1v) is 19.5. The molecule has 62 heavy (non-hydrogen) atoms. The van der Waals surface area contributed by atoms with Gasteiger partial charge in [-0.15, -0.1) is 0 Å². The van der Waals surface area contributed by atoms with E-state index in [9.17, 15) is 73.2 Å². The quantitative estimate of drug-likeness (QED) is 0.0407. The molecule has 0 fully saturated rings. The van der Waals surface area contributed by atoms with Crippen LogP contribution in [0.25, 0.3) is 0 Å². The van der Waals surface area contributed by atoms with E-state index in [0.717, 1.165) is 6.92 Å². The van der Waals surface area contributed by atoms with Crippen LogP contribution < -0.4 is 48.7 Å². The van der Waals surface area contributed by atoms with Crippen molar-refractivity contribution in [2.24, 2.45) is 17.4 Å². The van der Waals surface area contributed by atoms with Gasteiger partial charge < -0.3 is 69.1 Å². The van der Waals surface area contributed by atoms with E-state index in [1.54, 1.807) is 20.8 Å². The molecule has 0 unspecified atom stereocenters. The van der Waals surface area contributed by atoms with Crippen molar-refractivity contribution >= 4 is 65.2 Å². The van der Waals surface area contributed by atoms with E-state index in [-0.39, 0.29) is 30.9 Å². The number of rotatable bonds is 27. The van der Waals surface area contributed by atoms with E-state index in [1.807, 2.05) is 0 Å². The largest absolute Gasteiger partial charge is 0.508 e. The fourth-order valence-electron chi connectivity index (χ4n) is 5.41. The highest BCUT2D eigenvalue weighted by Crippen LogP contribution is 2.13. The summed E-state index contributed by atoms with van der Waals surface area (Å²) in [5.74, 6) is -13.0. The molecule has 0 aliphatic rings. The highest BCUT2D eigenvalue weighted by atomic mass is 16.4. The lowest BCUT2D eigenvalue weighted by Gasteiger charge is -2.26. The number of amides is 8. The number of hydrogen-bond donors (Lipinski definition) is 13. The summed E-state index contributed by atoms with van der Waals surface area (Å²) in [6.07, 6.45) is -2.91. The molecular weight excluding hydrogens is 822 g/mol. The molecule has 1 aromatic carbocycles.